The summed E-state index contributed by atoms with van der Waals surface area (Å²) in [6.07, 6.45) is 6.68. The smallest absolute Gasteiger partial charge is 0.169 e. The number of nitrogens with zero attached hydrogens (tertiary/aromatic N) is 6. The van der Waals surface area contributed by atoms with Gasteiger partial charge in [0.2, 0.25) is 0 Å². The van der Waals surface area contributed by atoms with Gasteiger partial charge in [-0.2, -0.15) is 0 Å². The Balaban J connectivity index is 1.55. The first kappa shape index (κ1) is 22.5. The molecule has 3 heterocycles. The van der Waals surface area contributed by atoms with E-state index in [2.05, 4.69) is 37.2 Å². The second-order valence-corrected chi connectivity index (χ2v) is 8.07. The maximum atomic E-state index is 10.2. The van der Waals surface area contributed by atoms with Crippen molar-refractivity contribution >= 4 is 23.4 Å². The molecular formula is C24H30N8O. The van der Waals surface area contributed by atoms with Gasteiger partial charge in [-0.05, 0) is 50.7 Å². The maximum absolute atomic E-state index is 10.2. The van der Waals surface area contributed by atoms with Crippen LogP contribution in [0.5, 0.6) is 5.75 Å². The summed E-state index contributed by atoms with van der Waals surface area (Å²) in [6.45, 7) is 5.35. The Morgan fingerprint density at radius 1 is 1.18 bits per heavy atom. The number of anilines is 3. The Kier molecular flexibility index (Phi) is 6.99. The molecule has 9 nitrogen and oxygen atoms in total. The van der Waals surface area contributed by atoms with E-state index in [1.54, 1.807) is 18.3 Å². The summed E-state index contributed by atoms with van der Waals surface area (Å²) in [7, 11) is 1.91. The van der Waals surface area contributed by atoms with E-state index in [0.29, 0.717) is 28.9 Å². The van der Waals surface area contributed by atoms with Crippen LogP contribution < -0.4 is 20.9 Å². The lowest BCUT2D eigenvalue weighted by molar-refractivity contribution is 0.477. The number of rotatable bonds is 6. The molecule has 1 saturated heterocycles. The molecule has 3 aromatic rings. The molecule has 4 rings (SSSR count). The Labute approximate surface area is 194 Å². The zero-order chi connectivity index (χ0) is 23.2. The van der Waals surface area contributed by atoms with Crippen LogP contribution in [0.2, 0.25) is 0 Å². The fraction of sp³-hybridized carbons (Fsp3) is 0.333. The van der Waals surface area contributed by atoms with E-state index in [4.69, 9.17) is 10.7 Å². The lowest BCUT2D eigenvalue weighted by atomic mass is 10.1. The monoisotopic (exact) mass is 446 g/mol. The van der Waals surface area contributed by atoms with Gasteiger partial charge in [0.1, 0.15) is 11.6 Å². The molecule has 0 saturated carbocycles. The highest BCUT2D eigenvalue weighted by atomic mass is 16.3. The third-order valence-corrected chi connectivity index (χ3v) is 5.82. The molecule has 0 unspecified atom stereocenters. The fourth-order valence-corrected chi connectivity index (χ4v) is 3.99. The first-order valence-electron chi connectivity index (χ1n) is 11.1. The Bertz CT molecular complexity index is 1120. The topological polar surface area (TPSA) is 116 Å². The number of benzene rings is 1. The highest BCUT2D eigenvalue weighted by Crippen LogP contribution is 2.32. The largest absolute Gasteiger partial charge is 0.507 e. The van der Waals surface area contributed by atoms with Crippen molar-refractivity contribution < 1.29 is 5.11 Å². The van der Waals surface area contributed by atoms with Crippen LogP contribution in [0.15, 0.2) is 48.7 Å². The number of nitrogen functional groups attached to an aromatic ring is 1. The lowest BCUT2D eigenvalue weighted by Gasteiger charge is -2.28. The van der Waals surface area contributed by atoms with E-state index in [0.717, 1.165) is 44.1 Å². The number of nitrogens with two attached hydrogens (primary N) is 1. The summed E-state index contributed by atoms with van der Waals surface area (Å²) in [5, 5.41) is 21.7. The zero-order valence-corrected chi connectivity index (χ0v) is 19.0. The van der Waals surface area contributed by atoms with Gasteiger partial charge in [-0.25, -0.2) is 9.97 Å². The van der Waals surface area contributed by atoms with Gasteiger partial charge in [0.15, 0.2) is 11.6 Å². The molecule has 1 fully saturated rings. The summed E-state index contributed by atoms with van der Waals surface area (Å²) in [5.74, 6) is 2.17. The summed E-state index contributed by atoms with van der Waals surface area (Å²) in [5.41, 5.74) is 8.28. The third-order valence-electron chi connectivity index (χ3n) is 5.82. The van der Waals surface area contributed by atoms with Crippen molar-refractivity contribution in [2.24, 2.45) is 0 Å². The number of hydrogen-bond donors (Lipinski definition) is 3. The van der Waals surface area contributed by atoms with Crippen LogP contribution in [0.3, 0.4) is 0 Å². The van der Waals surface area contributed by atoms with Crippen LogP contribution in [-0.2, 0) is 0 Å². The number of para-hydroxylation sites is 1. The zero-order valence-electron chi connectivity index (χ0n) is 19.0. The van der Waals surface area contributed by atoms with Crippen LogP contribution in [0.1, 0.15) is 19.2 Å². The van der Waals surface area contributed by atoms with Crippen LogP contribution in [0, 0.1) is 0 Å². The van der Waals surface area contributed by atoms with Crippen LogP contribution in [0.4, 0.5) is 17.3 Å². The number of phenols is 1. The van der Waals surface area contributed by atoms with Crippen molar-refractivity contribution in [2.45, 2.75) is 19.4 Å². The molecule has 0 spiro atoms. The summed E-state index contributed by atoms with van der Waals surface area (Å²) in [4.78, 5) is 13.7. The minimum atomic E-state index is 0.168. The second-order valence-electron chi connectivity index (χ2n) is 8.07. The normalized spacial score (nSPS) is 16.8. The van der Waals surface area contributed by atoms with Crippen molar-refractivity contribution in [1.82, 2.24) is 25.5 Å². The third kappa shape index (κ3) is 5.20. The van der Waals surface area contributed by atoms with Gasteiger partial charge in [-0.15, -0.1) is 10.2 Å². The average Bonchev–Trinajstić information content (AvgIpc) is 3.02. The second kappa shape index (κ2) is 10.3. The number of phenolic OH excluding ortho intramolecular Hbond substituents is 1. The van der Waals surface area contributed by atoms with E-state index >= 15 is 0 Å². The Hall–Kier alpha value is -3.72. The van der Waals surface area contributed by atoms with E-state index in [1.807, 2.05) is 43.5 Å². The van der Waals surface area contributed by atoms with Gasteiger partial charge in [0.05, 0.1) is 11.4 Å². The lowest BCUT2D eigenvalue weighted by Crippen LogP contribution is -2.35. The number of aromatic hydroxyl groups is 1. The van der Waals surface area contributed by atoms with Gasteiger partial charge in [0.25, 0.3) is 0 Å². The van der Waals surface area contributed by atoms with Crippen LogP contribution in [0.25, 0.3) is 17.3 Å². The minimum Gasteiger partial charge on any atom is -0.507 e. The highest BCUT2D eigenvalue weighted by molar-refractivity contribution is 5.74. The van der Waals surface area contributed by atoms with Crippen molar-refractivity contribution in [3.8, 4) is 17.0 Å². The number of hydrogen-bond acceptors (Lipinski definition) is 9. The van der Waals surface area contributed by atoms with Gasteiger partial charge in [-0.3, -0.25) is 0 Å². The molecule has 2 aromatic heterocycles. The molecule has 1 aromatic carbocycles. The van der Waals surface area contributed by atoms with Crippen molar-refractivity contribution in [3.05, 3.63) is 54.5 Å². The Morgan fingerprint density at radius 3 is 2.85 bits per heavy atom. The van der Waals surface area contributed by atoms with Crippen molar-refractivity contribution in [3.63, 3.8) is 0 Å². The highest BCUT2D eigenvalue weighted by Gasteiger charge is 2.24. The fourth-order valence-electron chi connectivity index (χ4n) is 3.99. The average molecular weight is 447 g/mol. The quantitative estimate of drug-likeness (QED) is 0.525. The first-order chi connectivity index (χ1) is 16.1. The van der Waals surface area contributed by atoms with E-state index in [-0.39, 0.29) is 5.75 Å². The minimum absolute atomic E-state index is 0.168. The molecule has 172 valence electrons. The van der Waals surface area contributed by atoms with E-state index in [1.165, 1.54) is 0 Å². The van der Waals surface area contributed by atoms with E-state index < -0.39 is 0 Å². The molecule has 0 amide bonds. The predicted octanol–water partition coefficient (Wildman–Crippen LogP) is 2.56. The van der Waals surface area contributed by atoms with Crippen LogP contribution >= 0.6 is 0 Å². The summed E-state index contributed by atoms with van der Waals surface area (Å²) < 4.78 is 0. The van der Waals surface area contributed by atoms with Gasteiger partial charge < -0.3 is 26.0 Å². The molecule has 4 N–H and O–H groups in total. The summed E-state index contributed by atoms with van der Waals surface area (Å²) in [6, 6.07) is 11.3. The standard InChI is InChI=1S/C24H30N8O/c1-17-10-13-31(14-15-32(17)23-9-12-27-22(28-23)8-5-11-26-2)20-16-19(29-30-24(20)25)18-6-3-4-7-21(18)33/h3-9,12,16-17,26,33H,10-11,13-15H2,1-2H3,(H2,25,30)/t17-/m1/s1. The van der Waals surface area contributed by atoms with Crippen LogP contribution in [-0.4, -0.2) is 64.5 Å². The Morgan fingerprint density at radius 2 is 2.03 bits per heavy atom. The number of aromatic nitrogens is 4. The molecule has 0 bridgehead atoms. The molecule has 1 atom stereocenters. The molecule has 9 heteroatoms. The van der Waals surface area contributed by atoms with Gasteiger partial charge in [-0.1, -0.05) is 18.2 Å². The molecule has 33 heavy (non-hydrogen) atoms. The number of likely N-dealkylation sites (N-methyl/N-ethyl adjacent to an activating group) is 1. The predicted molar refractivity (Wildman–Crippen MR) is 132 cm³/mol. The molecule has 0 aliphatic carbocycles. The van der Waals surface area contributed by atoms with Gasteiger partial charge >= 0.3 is 0 Å². The summed E-state index contributed by atoms with van der Waals surface area (Å²) >= 11 is 0. The number of nitrogens with one attached hydrogen (secondary N) is 1. The van der Waals surface area contributed by atoms with Crippen molar-refractivity contribution in [1.29, 1.82) is 0 Å². The van der Waals surface area contributed by atoms with Gasteiger partial charge in [0, 0.05) is 44.0 Å². The maximum Gasteiger partial charge on any atom is 0.169 e. The molecular weight excluding hydrogens is 416 g/mol. The molecule has 1 aliphatic heterocycles. The SMILES string of the molecule is CNCC=Cc1nccc(N2CCN(c3cc(-c4ccccc4O)nnc3N)CC[C@H]2C)n1. The first-order valence-corrected chi connectivity index (χ1v) is 11.1. The van der Waals surface area contributed by atoms with E-state index in [9.17, 15) is 5.11 Å². The molecule has 1 aliphatic rings. The molecule has 0 radical (unpaired) electrons. The van der Waals surface area contributed by atoms with Crippen molar-refractivity contribution in [2.75, 3.05) is 48.8 Å².